The van der Waals surface area contributed by atoms with Crippen LogP contribution in [-0.4, -0.2) is 40.5 Å². The number of nitrogens with zero attached hydrogens (tertiary/aromatic N) is 3. The number of fused-ring (bicyclic) bond motifs is 1. The van der Waals surface area contributed by atoms with Crippen LogP contribution in [0.5, 0.6) is 11.8 Å². The van der Waals surface area contributed by atoms with Crippen molar-refractivity contribution >= 4 is 16.6 Å². The third-order valence-electron chi connectivity index (χ3n) is 5.61. The summed E-state index contributed by atoms with van der Waals surface area (Å²) in [6.07, 6.45) is 4.26. The molecule has 2 heterocycles. The zero-order valence-corrected chi connectivity index (χ0v) is 19.2. The highest BCUT2D eigenvalue weighted by atomic mass is 16.5. The Labute approximate surface area is 193 Å². The summed E-state index contributed by atoms with van der Waals surface area (Å²) in [5.41, 5.74) is 3.82. The normalized spacial score (nSPS) is 12.1. The fraction of sp³-hybridized carbons (Fsp3) is 0.269. The van der Waals surface area contributed by atoms with Crippen LogP contribution in [0.3, 0.4) is 0 Å². The summed E-state index contributed by atoms with van der Waals surface area (Å²) in [5, 5.41) is 3.91. The monoisotopic (exact) mass is 443 g/mol. The quantitative estimate of drug-likeness (QED) is 0.387. The molecule has 0 saturated heterocycles. The van der Waals surface area contributed by atoms with E-state index in [2.05, 4.69) is 70.5 Å². The summed E-state index contributed by atoms with van der Waals surface area (Å²) < 4.78 is 5.73. The third-order valence-corrected chi connectivity index (χ3v) is 5.61. The molecular weight excluding hydrogens is 414 g/mol. The van der Waals surface area contributed by atoms with E-state index in [9.17, 15) is 4.79 Å². The lowest BCUT2D eigenvalue weighted by Gasteiger charge is -2.16. The first-order valence-corrected chi connectivity index (χ1v) is 11.1. The molecule has 0 radical (unpaired) electrons. The number of hydrogen-bond acceptors (Lipinski definition) is 6. The molecule has 1 unspecified atom stereocenters. The number of anilines is 1. The Bertz CT molecular complexity index is 1250. The second-order valence-electron chi connectivity index (χ2n) is 8.48. The summed E-state index contributed by atoms with van der Waals surface area (Å²) in [5.74, 6) is 1.13. The first-order valence-electron chi connectivity index (χ1n) is 11.1. The van der Waals surface area contributed by atoms with E-state index in [1.54, 1.807) is 18.5 Å². The van der Waals surface area contributed by atoms with Crippen LogP contribution in [0.4, 0.5) is 5.69 Å². The van der Waals surface area contributed by atoms with E-state index < -0.39 is 0 Å². The first-order chi connectivity index (χ1) is 16.0. The van der Waals surface area contributed by atoms with Crippen LogP contribution in [0, 0.1) is 0 Å². The highest BCUT2D eigenvalue weighted by Gasteiger charge is 2.07. The number of hydrogen-bond donors (Lipinski definition) is 2. The molecular formula is C26H29N5O2. The van der Waals surface area contributed by atoms with Crippen molar-refractivity contribution in [2.45, 2.75) is 25.8 Å². The maximum atomic E-state index is 12.2. The van der Waals surface area contributed by atoms with Crippen molar-refractivity contribution in [3.05, 3.63) is 88.5 Å². The van der Waals surface area contributed by atoms with Crippen LogP contribution >= 0.6 is 0 Å². The minimum absolute atomic E-state index is 0.140. The van der Waals surface area contributed by atoms with E-state index >= 15 is 0 Å². The van der Waals surface area contributed by atoms with E-state index in [4.69, 9.17) is 4.74 Å². The molecule has 2 N–H and O–H groups in total. The maximum Gasteiger partial charge on any atom is 0.302 e. The standard InChI is InChI=1S/C26H29N5O2/c1-18(13-15-31(2)3)20-6-4-19(5-7-20)16-28-21-8-10-22(11-9-21)33-26-29-24-17-27-14-12-23(24)25(32)30-26/h4-12,14,17-18,28H,13,15-16H2,1-3H3,(H,29,30,32). The Hall–Kier alpha value is -3.71. The Morgan fingerprint density at radius 3 is 2.55 bits per heavy atom. The van der Waals surface area contributed by atoms with Crippen molar-refractivity contribution in [2.24, 2.45) is 0 Å². The van der Waals surface area contributed by atoms with Gasteiger partial charge >= 0.3 is 6.01 Å². The van der Waals surface area contributed by atoms with E-state index in [0.717, 1.165) is 25.2 Å². The van der Waals surface area contributed by atoms with E-state index in [1.165, 1.54) is 11.1 Å². The zero-order chi connectivity index (χ0) is 23.2. The van der Waals surface area contributed by atoms with Gasteiger partial charge in [-0.15, -0.1) is 0 Å². The van der Waals surface area contributed by atoms with E-state index in [1.807, 2.05) is 24.3 Å². The lowest BCUT2D eigenvalue weighted by atomic mass is 9.96. The van der Waals surface area contributed by atoms with Gasteiger partial charge in [0, 0.05) is 18.4 Å². The molecule has 0 aliphatic rings. The van der Waals surface area contributed by atoms with Crippen molar-refractivity contribution in [1.82, 2.24) is 19.9 Å². The molecule has 7 heteroatoms. The number of pyridine rings is 1. The average molecular weight is 444 g/mol. The van der Waals surface area contributed by atoms with Gasteiger partial charge in [0.25, 0.3) is 5.56 Å². The number of ether oxygens (including phenoxy) is 1. The fourth-order valence-electron chi connectivity index (χ4n) is 3.56. The predicted molar refractivity (Wildman–Crippen MR) is 132 cm³/mol. The smallest absolute Gasteiger partial charge is 0.302 e. The van der Waals surface area contributed by atoms with Gasteiger partial charge in [0.15, 0.2) is 0 Å². The van der Waals surface area contributed by atoms with Crippen LogP contribution in [0.25, 0.3) is 10.9 Å². The van der Waals surface area contributed by atoms with Gasteiger partial charge < -0.3 is 15.0 Å². The van der Waals surface area contributed by atoms with Crippen molar-refractivity contribution in [2.75, 3.05) is 26.0 Å². The molecule has 1 atom stereocenters. The SMILES string of the molecule is CC(CCN(C)C)c1ccc(CNc2ccc(Oc3nc4cnccc4c(=O)[nH]3)cc2)cc1. The molecule has 0 amide bonds. The molecule has 0 bridgehead atoms. The number of benzene rings is 2. The van der Waals surface area contributed by atoms with Gasteiger partial charge in [0.2, 0.25) is 0 Å². The van der Waals surface area contributed by atoms with E-state index in [0.29, 0.717) is 22.6 Å². The van der Waals surface area contributed by atoms with Crippen molar-refractivity contribution in [3.63, 3.8) is 0 Å². The fourth-order valence-corrected chi connectivity index (χ4v) is 3.56. The lowest BCUT2D eigenvalue weighted by molar-refractivity contribution is 0.386. The number of nitrogens with one attached hydrogen (secondary N) is 2. The average Bonchev–Trinajstić information content (AvgIpc) is 2.82. The van der Waals surface area contributed by atoms with Crippen molar-refractivity contribution < 1.29 is 4.74 Å². The molecule has 33 heavy (non-hydrogen) atoms. The molecule has 4 rings (SSSR count). The maximum absolute atomic E-state index is 12.2. The highest BCUT2D eigenvalue weighted by Crippen LogP contribution is 2.22. The largest absolute Gasteiger partial charge is 0.426 e. The second-order valence-corrected chi connectivity index (χ2v) is 8.48. The number of aromatic amines is 1. The molecule has 7 nitrogen and oxygen atoms in total. The molecule has 2 aromatic carbocycles. The highest BCUT2D eigenvalue weighted by molar-refractivity contribution is 5.76. The van der Waals surface area contributed by atoms with Gasteiger partial charge in [-0.1, -0.05) is 31.2 Å². The molecule has 0 aliphatic heterocycles. The van der Waals surface area contributed by atoms with Crippen molar-refractivity contribution in [3.8, 4) is 11.8 Å². The van der Waals surface area contributed by atoms with Gasteiger partial charge in [-0.25, -0.2) is 0 Å². The number of H-pyrrole nitrogens is 1. The predicted octanol–water partition coefficient (Wildman–Crippen LogP) is 4.78. The Morgan fingerprint density at radius 1 is 1.06 bits per heavy atom. The lowest BCUT2D eigenvalue weighted by Crippen LogP contribution is -2.15. The Kier molecular flexibility index (Phi) is 7.00. The minimum Gasteiger partial charge on any atom is -0.426 e. The first kappa shape index (κ1) is 22.5. The number of aromatic nitrogens is 3. The summed E-state index contributed by atoms with van der Waals surface area (Å²) in [6.45, 7) is 4.11. The zero-order valence-electron chi connectivity index (χ0n) is 19.2. The van der Waals surface area contributed by atoms with Gasteiger partial charge in [0.1, 0.15) is 5.75 Å². The molecule has 0 fully saturated rings. The minimum atomic E-state index is -0.256. The molecule has 170 valence electrons. The van der Waals surface area contributed by atoms with E-state index in [-0.39, 0.29) is 11.6 Å². The number of rotatable bonds is 9. The molecule has 0 saturated carbocycles. The van der Waals surface area contributed by atoms with Gasteiger partial charge in [-0.2, -0.15) is 4.98 Å². The summed E-state index contributed by atoms with van der Waals surface area (Å²) in [7, 11) is 4.22. The second kappa shape index (κ2) is 10.3. The van der Waals surface area contributed by atoms with Gasteiger partial charge in [-0.3, -0.25) is 14.8 Å². The van der Waals surface area contributed by atoms with Crippen molar-refractivity contribution in [1.29, 1.82) is 0 Å². The summed E-state index contributed by atoms with van der Waals surface area (Å²) >= 11 is 0. The van der Waals surface area contributed by atoms with Crippen LogP contribution < -0.4 is 15.6 Å². The molecule has 0 spiro atoms. The topological polar surface area (TPSA) is 83.1 Å². The summed E-state index contributed by atoms with van der Waals surface area (Å²) in [4.78, 5) is 25.4. The third kappa shape index (κ3) is 5.96. The van der Waals surface area contributed by atoms with Gasteiger partial charge in [-0.05, 0) is 74.4 Å². The van der Waals surface area contributed by atoms with Gasteiger partial charge in [0.05, 0.1) is 17.1 Å². The van der Waals surface area contributed by atoms with Crippen LogP contribution in [0.15, 0.2) is 71.8 Å². The molecule has 0 aliphatic carbocycles. The van der Waals surface area contributed by atoms with Crippen LogP contribution in [0.1, 0.15) is 30.4 Å². The summed E-state index contributed by atoms with van der Waals surface area (Å²) in [6, 6.07) is 18.1. The van der Waals surface area contributed by atoms with Crippen LogP contribution in [0.2, 0.25) is 0 Å². The Balaban J connectivity index is 1.33. The Morgan fingerprint density at radius 2 is 1.82 bits per heavy atom. The molecule has 2 aromatic heterocycles. The van der Waals surface area contributed by atoms with Crippen LogP contribution in [-0.2, 0) is 6.54 Å². The molecule has 4 aromatic rings.